The zero-order chi connectivity index (χ0) is 15.2. The summed E-state index contributed by atoms with van der Waals surface area (Å²) < 4.78 is 23.5. The summed E-state index contributed by atoms with van der Waals surface area (Å²) >= 11 is 0. The molecule has 1 aliphatic heterocycles. The Morgan fingerprint density at radius 1 is 1.23 bits per heavy atom. The third kappa shape index (κ3) is 4.27. The highest BCUT2D eigenvalue weighted by Gasteiger charge is 2.15. The van der Waals surface area contributed by atoms with Crippen molar-refractivity contribution in [2.45, 2.75) is 32.3 Å². The summed E-state index contributed by atoms with van der Waals surface area (Å²) in [5, 5.41) is 7.28. The van der Waals surface area contributed by atoms with Crippen molar-refractivity contribution >= 4 is 0 Å². The van der Waals surface area contributed by atoms with Crippen molar-refractivity contribution in [2.75, 3.05) is 13.1 Å². The van der Waals surface area contributed by atoms with Crippen LogP contribution in [0.15, 0.2) is 28.8 Å². The van der Waals surface area contributed by atoms with E-state index in [1.54, 1.807) is 12.1 Å². The summed E-state index contributed by atoms with van der Waals surface area (Å²) in [6, 6.07) is 5.87. The molecule has 118 valence electrons. The number of piperidine rings is 1. The van der Waals surface area contributed by atoms with E-state index in [9.17, 15) is 4.39 Å². The van der Waals surface area contributed by atoms with Crippen molar-refractivity contribution in [3.63, 3.8) is 0 Å². The average Bonchev–Trinajstić information content (AvgIpc) is 3.01. The molecule has 0 saturated carbocycles. The Hall–Kier alpha value is -1.95. The molecule has 5 nitrogen and oxygen atoms in total. The number of nitrogens with zero attached hydrogens (tertiary/aromatic N) is 2. The minimum Gasteiger partial charge on any atom is -0.485 e. The Balaban J connectivity index is 1.45. The lowest BCUT2D eigenvalue weighted by Crippen LogP contribution is -2.27. The molecule has 22 heavy (non-hydrogen) atoms. The Morgan fingerprint density at radius 3 is 2.77 bits per heavy atom. The zero-order valence-electron chi connectivity index (χ0n) is 12.4. The summed E-state index contributed by atoms with van der Waals surface area (Å²) in [6.07, 6.45) is 4.33. The van der Waals surface area contributed by atoms with E-state index >= 15 is 0 Å². The third-order valence-corrected chi connectivity index (χ3v) is 3.92. The molecule has 0 unspecified atom stereocenters. The number of halogens is 1. The van der Waals surface area contributed by atoms with Gasteiger partial charge in [-0.25, -0.2) is 4.39 Å². The molecule has 1 aromatic heterocycles. The molecule has 0 aliphatic carbocycles. The number of hydrogen-bond donors (Lipinski definition) is 1. The van der Waals surface area contributed by atoms with E-state index in [1.807, 2.05) is 0 Å². The van der Waals surface area contributed by atoms with E-state index in [1.165, 1.54) is 25.0 Å². The first-order chi connectivity index (χ1) is 10.8. The van der Waals surface area contributed by atoms with Crippen LogP contribution in [0.25, 0.3) is 0 Å². The maximum atomic E-state index is 12.8. The van der Waals surface area contributed by atoms with Crippen molar-refractivity contribution < 1.29 is 13.7 Å². The fourth-order valence-corrected chi connectivity index (χ4v) is 2.63. The lowest BCUT2D eigenvalue weighted by atomic mass is 9.93. The Bertz CT molecular complexity index is 579. The fourth-order valence-electron chi connectivity index (χ4n) is 2.63. The van der Waals surface area contributed by atoms with Gasteiger partial charge in [0, 0.05) is 6.42 Å². The molecule has 2 heterocycles. The first-order valence-corrected chi connectivity index (χ1v) is 7.70. The van der Waals surface area contributed by atoms with Crippen molar-refractivity contribution in [2.24, 2.45) is 5.92 Å². The molecule has 1 saturated heterocycles. The van der Waals surface area contributed by atoms with E-state index in [-0.39, 0.29) is 12.4 Å². The topological polar surface area (TPSA) is 60.2 Å². The summed E-state index contributed by atoms with van der Waals surface area (Å²) in [5.74, 6) is 2.22. The second kappa shape index (κ2) is 7.35. The quantitative estimate of drug-likeness (QED) is 0.889. The number of aromatic nitrogens is 2. The van der Waals surface area contributed by atoms with Crippen molar-refractivity contribution in [1.82, 2.24) is 15.5 Å². The van der Waals surface area contributed by atoms with E-state index in [2.05, 4.69) is 15.5 Å². The van der Waals surface area contributed by atoms with Crippen LogP contribution in [-0.4, -0.2) is 23.2 Å². The van der Waals surface area contributed by atoms with Gasteiger partial charge >= 0.3 is 0 Å². The number of rotatable bonds is 6. The molecule has 0 atom stereocenters. The second-order valence-electron chi connectivity index (χ2n) is 5.58. The minimum atomic E-state index is -0.285. The van der Waals surface area contributed by atoms with Crippen molar-refractivity contribution in [3.05, 3.63) is 41.8 Å². The number of aryl methyl sites for hydroxylation is 1. The van der Waals surface area contributed by atoms with Crippen LogP contribution in [0, 0.1) is 11.7 Å². The Kier molecular flexibility index (Phi) is 5.00. The molecule has 3 rings (SSSR count). The van der Waals surface area contributed by atoms with Gasteiger partial charge in [0.05, 0.1) is 0 Å². The highest BCUT2D eigenvalue weighted by Crippen LogP contribution is 2.18. The largest absolute Gasteiger partial charge is 0.485 e. The molecule has 1 aromatic carbocycles. The van der Waals surface area contributed by atoms with Crippen LogP contribution in [0.5, 0.6) is 5.75 Å². The van der Waals surface area contributed by atoms with Gasteiger partial charge in [-0.15, -0.1) is 0 Å². The van der Waals surface area contributed by atoms with Gasteiger partial charge in [-0.05, 0) is 62.5 Å². The van der Waals surface area contributed by atoms with Crippen molar-refractivity contribution in [1.29, 1.82) is 0 Å². The highest BCUT2D eigenvalue weighted by atomic mass is 19.1. The van der Waals surface area contributed by atoms with Gasteiger partial charge in [-0.3, -0.25) is 0 Å². The zero-order valence-corrected chi connectivity index (χ0v) is 12.4. The van der Waals surface area contributed by atoms with Crippen LogP contribution in [0.3, 0.4) is 0 Å². The summed E-state index contributed by atoms with van der Waals surface area (Å²) in [7, 11) is 0. The maximum absolute atomic E-state index is 12.8. The van der Waals surface area contributed by atoms with Crippen LogP contribution in [0.2, 0.25) is 0 Å². The van der Waals surface area contributed by atoms with Gasteiger partial charge in [0.1, 0.15) is 11.6 Å². The number of benzene rings is 1. The van der Waals surface area contributed by atoms with Crippen LogP contribution < -0.4 is 10.1 Å². The monoisotopic (exact) mass is 305 g/mol. The number of ether oxygens (including phenoxy) is 1. The molecule has 0 amide bonds. The van der Waals surface area contributed by atoms with E-state index in [0.717, 1.165) is 31.8 Å². The third-order valence-electron chi connectivity index (χ3n) is 3.92. The lowest BCUT2D eigenvalue weighted by Gasteiger charge is -2.21. The van der Waals surface area contributed by atoms with Crippen LogP contribution in [-0.2, 0) is 13.0 Å². The molecule has 2 aromatic rings. The molecule has 1 aliphatic rings. The van der Waals surface area contributed by atoms with Crippen LogP contribution >= 0.6 is 0 Å². The molecular weight excluding hydrogens is 285 g/mol. The standard InChI is InChI=1S/C16H20FN3O2/c17-13-2-4-14(5-3-13)21-11-15-19-16(22-20-15)6-1-12-7-9-18-10-8-12/h2-5,12,18H,1,6-11H2. The van der Waals surface area contributed by atoms with E-state index < -0.39 is 0 Å². The fraction of sp³-hybridized carbons (Fsp3) is 0.500. The molecule has 6 heteroatoms. The molecule has 0 radical (unpaired) electrons. The molecule has 1 N–H and O–H groups in total. The summed E-state index contributed by atoms with van der Waals surface area (Å²) in [4.78, 5) is 4.33. The number of nitrogens with one attached hydrogen (secondary N) is 1. The van der Waals surface area contributed by atoms with Gasteiger partial charge in [0.2, 0.25) is 11.7 Å². The predicted octanol–water partition coefficient (Wildman–Crippen LogP) is 2.72. The molecule has 0 spiro atoms. The first kappa shape index (κ1) is 15.0. The normalized spacial score (nSPS) is 15.9. The van der Waals surface area contributed by atoms with Gasteiger partial charge in [0.15, 0.2) is 6.61 Å². The molecule has 1 fully saturated rings. The first-order valence-electron chi connectivity index (χ1n) is 7.70. The van der Waals surface area contributed by atoms with Crippen LogP contribution in [0.4, 0.5) is 4.39 Å². The average molecular weight is 305 g/mol. The van der Waals surface area contributed by atoms with Gasteiger partial charge < -0.3 is 14.6 Å². The smallest absolute Gasteiger partial charge is 0.226 e. The lowest BCUT2D eigenvalue weighted by molar-refractivity contribution is 0.283. The Labute approximate surface area is 128 Å². The maximum Gasteiger partial charge on any atom is 0.226 e. The van der Waals surface area contributed by atoms with Crippen molar-refractivity contribution in [3.8, 4) is 5.75 Å². The predicted molar refractivity (Wildman–Crippen MR) is 78.9 cm³/mol. The second-order valence-corrected chi connectivity index (χ2v) is 5.58. The Morgan fingerprint density at radius 2 is 2.00 bits per heavy atom. The van der Waals surface area contributed by atoms with Gasteiger partial charge in [-0.2, -0.15) is 4.98 Å². The van der Waals surface area contributed by atoms with Gasteiger partial charge in [-0.1, -0.05) is 5.16 Å². The van der Waals surface area contributed by atoms with E-state index in [4.69, 9.17) is 9.26 Å². The minimum absolute atomic E-state index is 0.225. The van der Waals surface area contributed by atoms with E-state index in [0.29, 0.717) is 17.5 Å². The highest BCUT2D eigenvalue weighted by molar-refractivity contribution is 5.22. The SMILES string of the molecule is Fc1ccc(OCc2noc(CCC3CCNCC3)n2)cc1. The van der Waals surface area contributed by atoms with Gasteiger partial charge in [0.25, 0.3) is 0 Å². The molecule has 0 bridgehead atoms. The van der Waals surface area contributed by atoms with Crippen LogP contribution in [0.1, 0.15) is 31.0 Å². The summed E-state index contributed by atoms with van der Waals surface area (Å²) in [6.45, 7) is 2.43. The molecular formula is C16H20FN3O2. The summed E-state index contributed by atoms with van der Waals surface area (Å²) in [5.41, 5.74) is 0. The number of hydrogen-bond acceptors (Lipinski definition) is 5.